The summed E-state index contributed by atoms with van der Waals surface area (Å²) in [5.74, 6) is 0. The van der Waals surface area contributed by atoms with E-state index in [4.69, 9.17) is 4.74 Å². The fraction of sp³-hybridized carbons (Fsp3) is 0.429. The van der Waals surface area contributed by atoms with Gasteiger partial charge in [0.05, 0.1) is 0 Å². The zero-order valence-corrected chi connectivity index (χ0v) is 11.0. The molecule has 19 heavy (non-hydrogen) atoms. The zero-order valence-electron chi connectivity index (χ0n) is 11.0. The van der Waals surface area contributed by atoms with Crippen LogP contribution in [0, 0.1) is 6.92 Å². The number of nitrogens with zero attached hydrogens (tertiary/aromatic N) is 2. The molecule has 1 aromatic rings. The van der Waals surface area contributed by atoms with Crippen molar-refractivity contribution in [3.8, 4) is 0 Å². The Hall–Kier alpha value is -2.04. The molecule has 5 heteroatoms. The van der Waals surface area contributed by atoms with Gasteiger partial charge in [0.2, 0.25) is 0 Å². The first-order chi connectivity index (χ1) is 9.19. The summed E-state index contributed by atoms with van der Waals surface area (Å²) in [4.78, 5) is 25.4. The topological polar surface area (TPSA) is 49.9 Å². The summed E-state index contributed by atoms with van der Waals surface area (Å²) >= 11 is 0. The molecular weight excluding hydrogens is 244 g/mol. The number of benzene rings is 1. The van der Waals surface area contributed by atoms with Gasteiger partial charge in [0, 0.05) is 26.2 Å². The maximum Gasteiger partial charge on any atom is 0.410 e. The molecule has 0 aliphatic carbocycles. The lowest BCUT2D eigenvalue weighted by molar-refractivity contribution is 0.0821. The van der Waals surface area contributed by atoms with Gasteiger partial charge in [0.15, 0.2) is 0 Å². The van der Waals surface area contributed by atoms with E-state index in [0.29, 0.717) is 26.2 Å². The molecule has 1 fully saturated rings. The summed E-state index contributed by atoms with van der Waals surface area (Å²) in [5, 5.41) is 0. The minimum absolute atomic E-state index is 0.277. The summed E-state index contributed by atoms with van der Waals surface area (Å²) in [5.41, 5.74) is 2.15. The number of piperazine rings is 1. The summed E-state index contributed by atoms with van der Waals surface area (Å²) in [6.45, 7) is 4.33. The van der Waals surface area contributed by atoms with Gasteiger partial charge < -0.3 is 14.5 Å². The van der Waals surface area contributed by atoms with Gasteiger partial charge in [-0.1, -0.05) is 29.8 Å². The average Bonchev–Trinajstić information content (AvgIpc) is 2.46. The number of aryl methyl sites for hydroxylation is 1. The number of rotatable bonds is 3. The van der Waals surface area contributed by atoms with Crippen LogP contribution >= 0.6 is 0 Å². The van der Waals surface area contributed by atoms with Crippen molar-refractivity contribution in [2.45, 2.75) is 13.5 Å². The quantitative estimate of drug-likeness (QED) is 0.824. The van der Waals surface area contributed by atoms with E-state index in [0.717, 1.165) is 5.56 Å². The van der Waals surface area contributed by atoms with Crippen molar-refractivity contribution in [3.63, 3.8) is 0 Å². The predicted octanol–water partition coefficient (Wildman–Crippen LogP) is 1.32. The van der Waals surface area contributed by atoms with Gasteiger partial charge in [0.25, 0.3) is 0 Å². The molecule has 1 heterocycles. The second-order valence-corrected chi connectivity index (χ2v) is 4.61. The molecule has 1 radical (unpaired) electrons. The Kier molecular flexibility index (Phi) is 4.39. The molecule has 2 rings (SSSR count). The molecule has 5 nitrogen and oxygen atoms in total. The Bertz CT molecular complexity index is 437. The van der Waals surface area contributed by atoms with Gasteiger partial charge in [-0.2, -0.15) is 0 Å². The molecule has 1 aromatic carbocycles. The highest BCUT2D eigenvalue weighted by Crippen LogP contribution is 2.07. The Morgan fingerprint density at radius 2 is 1.84 bits per heavy atom. The summed E-state index contributed by atoms with van der Waals surface area (Å²) in [6.07, 6.45) is 1.50. The van der Waals surface area contributed by atoms with Gasteiger partial charge in [0.1, 0.15) is 6.61 Å². The van der Waals surface area contributed by atoms with Crippen molar-refractivity contribution in [3.05, 3.63) is 35.4 Å². The van der Waals surface area contributed by atoms with Crippen molar-refractivity contribution >= 4 is 12.5 Å². The molecule has 1 saturated heterocycles. The Morgan fingerprint density at radius 3 is 2.42 bits per heavy atom. The number of carbonyl (C=O) groups is 1. The third kappa shape index (κ3) is 3.71. The molecule has 0 unspecified atom stereocenters. The van der Waals surface area contributed by atoms with Crippen molar-refractivity contribution < 1.29 is 14.3 Å². The largest absolute Gasteiger partial charge is 0.445 e. The molecule has 0 spiro atoms. The van der Waals surface area contributed by atoms with Gasteiger partial charge in [-0.25, -0.2) is 4.79 Å². The van der Waals surface area contributed by atoms with Gasteiger partial charge in [-0.15, -0.1) is 0 Å². The minimum atomic E-state index is -0.328. The van der Waals surface area contributed by atoms with Crippen LogP contribution < -0.4 is 0 Å². The highest BCUT2D eigenvalue weighted by Gasteiger charge is 2.21. The van der Waals surface area contributed by atoms with E-state index < -0.39 is 0 Å². The smallest absolute Gasteiger partial charge is 0.410 e. The van der Waals surface area contributed by atoms with Crippen molar-refractivity contribution in [1.82, 2.24) is 9.80 Å². The lowest BCUT2D eigenvalue weighted by atomic mass is 10.2. The zero-order chi connectivity index (χ0) is 13.7. The maximum absolute atomic E-state index is 11.8. The summed E-state index contributed by atoms with van der Waals surface area (Å²) in [6, 6.07) is 7.87. The van der Waals surface area contributed by atoms with Crippen LogP contribution in [0.1, 0.15) is 11.1 Å². The van der Waals surface area contributed by atoms with Crippen molar-refractivity contribution in [2.75, 3.05) is 26.2 Å². The average molecular weight is 261 g/mol. The van der Waals surface area contributed by atoms with E-state index in [1.54, 1.807) is 4.90 Å². The number of hydrogen-bond acceptors (Lipinski definition) is 3. The fourth-order valence-corrected chi connectivity index (χ4v) is 1.90. The molecule has 0 N–H and O–H groups in total. The first-order valence-corrected chi connectivity index (χ1v) is 6.29. The van der Waals surface area contributed by atoms with Crippen LogP contribution in [0.4, 0.5) is 4.79 Å². The third-order valence-electron chi connectivity index (χ3n) is 3.15. The van der Waals surface area contributed by atoms with E-state index >= 15 is 0 Å². The van der Waals surface area contributed by atoms with Gasteiger partial charge >= 0.3 is 12.5 Å². The first-order valence-electron chi connectivity index (χ1n) is 6.29. The van der Waals surface area contributed by atoms with Crippen LogP contribution in [0.3, 0.4) is 0 Å². The standard InChI is InChI=1S/C14H17N2O3/c1-12-2-4-13(5-3-12)10-19-14(18)16-8-6-15(11-17)7-9-16/h2-5H,6-10H2,1H3. The van der Waals surface area contributed by atoms with E-state index in [2.05, 4.69) is 0 Å². The van der Waals surface area contributed by atoms with Gasteiger partial charge in [-0.3, -0.25) is 4.79 Å². The lowest BCUT2D eigenvalue weighted by Gasteiger charge is -2.31. The van der Waals surface area contributed by atoms with E-state index in [-0.39, 0.29) is 12.7 Å². The molecule has 2 amide bonds. The summed E-state index contributed by atoms with van der Waals surface area (Å²) in [7, 11) is 0. The molecule has 101 valence electrons. The van der Waals surface area contributed by atoms with Crippen LogP contribution in [0.5, 0.6) is 0 Å². The van der Waals surface area contributed by atoms with E-state index in [1.807, 2.05) is 37.6 Å². The van der Waals surface area contributed by atoms with Crippen molar-refractivity contribution in [2.24, 2.45) is 0 Å². The summed E-state index contributed by atoms with van der Waals surface area (Å²) < 4.78 is 5.25. The molecule has 0 atom stereocenters. The van der Waals surface area contributed by atoms with E-state index in [1.165, 1.54) is 10.5 Å². The van der Waals surface area contributed by atoms with Crippen LogP contribution in [0.2, 0.25) is 0 Å². The molecule has 1 aliphatic rings. The Labute approximate surface area is 112 Å². The first kappa shape index (κ1) is 13.4. The third-order valence-corrected chi connectivity index (χ3v) is 3.15. The molecule has 0 bridgehead atoms. The number of carbonyl (C=O) groups excluding carboxylic acids is 2. The molecule has 0 saturated carbocycles. The Morgan fingerprint density at radius 1 is 1.21 bits per heavy atom. The Balaban J connectivity index is 1.78. The SMILES string of the molecule is Cc1ccc(COC(=O)N2CCN([C]=O)CC2)cc1. The van der Waals surface area contributed by atoms with Crippen LogP contribution in [-0.4, -0.2) is 48.5 Å². The number of amides is 2. The normalized spacial score (nSPS) is 15.2. The highest BCUT2D eigenvalue weighted by atomic mass is 16.6. The minimum Gasteiger partial charge on any atom is -0.445 e. The van der Waals surface area contributed by atoms with Gasteiger partial charge in [-0.05, 0) is 12.5 Å². The molecule has 0 aromatic heterocycles. The second kappa shape index (κ2) is 6.22. The van der Waals surface area contributed by atoms with E-state index in [9.17, 15) is 9.59 Å². The maximum atomic E-state index is 11.8. The lowest BCUT2D eigenvalue weighted by Crippen LogP contribution is -2.48. The van der Waals surface area contributed by atoms with Crippen LogP contribution in [0.15, 0.2) is 24.3 Å². The predicted molar refractivity (Wildman–Crippen MR) is 70.2 cm³/mol. The van der Waals surface area contributed by atoms with Crippen LogP contribution in [0.25, 0.3) is 0 Å². The molecule has 1 aliphatic heterocycles. The second-order valence-electron chi connectivity index (χ2n) is 4.61. The number of hydrogen-bond donors (Lipinski definition) is 0. The fourth-order valence-electron chi connectivity index (χ4n) is 1.90. The highest BCUT2D eigenvalue weighted by molar-refractivity contribution is 5.68. The number of ether oxygens (including phenoxy) is 1. The van der Waals surface area contributed by atoms with Crippen molar-refractivity contribution in [1.29, 1.82) is 0 Å². The van der Waals surface area contributed by atoms with Crippen LogP contribution in [-0.2, 0) is 16.1 Å². The monoisotopic (exact) mass is 261 g/mol. The molecular formula is C14H17N2O3.